The molecule has 1 heterocycles. The van der Waals surface area contributed by atoms with E-state index in [2.05, 4.69) is 4.90 Å². The van der Waals surface area contributed by atoms with Crippen LogP contribution in [0.3, 0.4) is 0 Å². The van der Waals surface area contributed by atoms with Crippen molar-refractivity contribution in [2.45, 2.75) is 6.42 Å². The number of aliphatic hydroxyl groups excluding tert-OH is 1. The number of benzene rings is 1. The van der Waals surface area contributed by atoms with E-state index in [-0.39, 0.29) is 18.5 Å². The first kappa shape index (κ1) is 18.3. The molecule has 1 unspecified atom stereocenters. The van der Waals surface area contributed by atoms with Gasteiger partial charge in [0.15, 0.2) is 11.5 Å². The van der Waals surface area contributed by atoms with Gasteiger partial charge in [0.1, 0.15) is 0 Å². The monoisotopic (exact) mass is 335 g/mol. The maximum Gasteiger partial charge on any atom is 0.333 e. The van der Waals surface area contributed by atoms with Gasteiger partial charge in [-0.3, -0.25) is 4.90 Å². The molecule has 0 saturated carbocycles. The lowest BCUT2D eigenvalue weighted by Crippen LogP contribution is -2.39. The number of carbonyl (C=O) groups is 1. The van der Waals surface area contributed by atoms with Crippen molar-refractivity contribution in [3.05, 3.63) is 35.4 Å². The lowest BCUT2D eigenvalue weighted by atomic mass is 9.95. The van der Waals surface area contributed by atoms with Gasteiger partial charge in [-0.05, 0) is 24.1 Å². The van der Waals surface area contributed by atoms with Crippen LogP contribution in [0, 0.1) is 5.92 Å². The minimum Gasteiger partial charge on any atom is -0.493 e. The van der Waals surface area contributed by atoms with E-state index in [4.69, 9.17) is 14.2 Å². The van der Waals surface area contributed by atoms with E-state index in [1.54, 1.807) is 14.2 Å². The summed E-state index contributed by atoms with van der Waals surface area (Å²) < 4.78 is 15.3. The average Bonchev–Trinajstić information content (AvgIpc) is 2.65. The maximum absolute atomic E-state index is 11.7. The Bertz CT molecular complexity index is 599. The topological polar surface area (TPSA) is 68.2 Å². The number of aliphatic hydroxyl groups is 1. The molecule has 0 radical (unpaired) electrons. The van der Waals surface area contributed by atoms with Gasteiger partial charge in [-0.1, -0.05) is 12.1 Å². The zero-order valence-electron chi connectivity index (χ0n) is 14.4. The molecule has 1 aliphatic heterocycles. The second-order valence-corrected chi connectivity index (χ2v) is 5.73. The third kappa shape index (κ3) is 4.27. The van der Waals surface area contributed by atoms with Gasteiger partial charge < -0.3 is 19.3 Å². The number of hydrogen-bond donors (Lipinski definition) is 1. The molecule has 0 bridgehead atoms. The summed E-state index contributed by atoms with van der Waals surface area (Å²) in [5.74, 6) is 0.880. The van der Waals surface area contributed by atoms with E-state index in [9.17, 15) is 9.90 Å². The van der Waals surface area contributed by atoms with E-state index < -0.39 is 0 Å². The van der Waals surface area contributed by atoms with Crippen LogP contribution in [0.25, 0.3) is 0 Å². The van der Waals surface area contributed by atoms with Gasteiger partial charge >= 0.3 is 5.97 Å². The molecule has 1 atom stereocenters. The van der Waals surface area contributed by atoms with Crippen LogP contribution >= 0.6 is 0 Å². The van der Waals surface area contributed by atoms with E-state index in [0.29, 0.717) is 24.4 Å². The average molecular weight is 335 g/mol. The molecule has 0 spiro atoms. The zero-order valence-corrected chi connectivity index (χ0v) is 14.4. The maximum atomic E-state index is 11.7. The highest BCUT2D eigenvalue weighted by molar-refractivity contribution is 5.89. The van der Waals surface area contributed by atoms with Crippen molar-refractivity contribution in [1.29, 1.82) is 0 Å². The first-order valence-electron chi connectivity index (χ1n) is 7.95. The third-order valence-electron chi connectivity index (χ3n) is 4.29. The summed E-state index contributed by atoms with van der Waals surface area (Å²) in [4.78, 5) is 13.9. The molecule has 2 rings (SSSR count). The molecule has 0 aliphatic carbocycles. The fourth-order valence-corrected chi connectivity index (χ4v) is 2.91. The fraction of sp³-hybridized carbons (Fsp3) is 0.500. The molecule has 6 nitrogen and oxygen atoms in total. The number of nitrogens with zero attached hydrogens (tertiary/aromatic N) is 1. The van der Waals surface area contributed by atoms with Crippen molar-refractivity contribution in [3.63, 3.8) is 0 Å². The second-order valence-electron chi connectivity index (χ2n) is 5.73. The molecule has 1 aromatic carbocycles. The molecular formula is C18H25NO5. The summed E-state index contributed by atoms with van der Waals surface area (Å²) in [5, 5.41) is 9.53. The van der Waals surface area contributed by atoms with Crippen LogP contribution in [0.5, 0.6) is 11.5 Å². The molecule has 1 N–H and O–H groups in total. The molecular weight excluding hydrogens is 310 g/mol. The molecule has 6 heteroatoms. The van der Waals surface area contributed by atoms with E-state index in [1.165, 1.54) is 7.11 Å². The lowest BCUT2D eigenvalue weighted by Gasteiger charge is -2.31. The van der Waals surface area contributed by atoms with Crippen LogP contribution in [-0.2, 0) is 16.0 Å². The largest absolute Gasteiger partial charge is 0.493 e. The molecule has 132 valence electrons. The van der Waals surface area contributed by atoms with Gasteiger partial charge in [-0.15, -0.1) is 0 Å². The van der Waals surface area contributed by atoms with Gasteiger partial charge in [-0.2, -0.15) is 0 Å². The quantitative estimate of drug-likeness (QED) is 0.757. The van der Waals surface area contributed by atoms with Gasteiger partial charge in [0.25, 0.3) is 0 Å². The predicted octanol–water partition coefficient (Wildman–Crippen LogP) is 1.27. The summed E-state index contributed by atoms with van der Waals surface area (Å²) in [6.45, 7) is 2.09. The normalized spacial score (nSPS) is 18.0. The minimum atomic E-state index is -0.353. The minimum absolute atomic E-state index is 0.0617. The third-order valence-corrected chi connectivity index (χ3v) is 4.29. The van der Waals surface area contributed by atoms with Crippen molar-refractivity contribution < 1.29 is 24.1 Å². The van der Waals surface area contributed by atoms with Crippen molar-refractivity contribution in [2.24, 2.45) is 5.92 Å². The molecule has 0 amide bonds. The van der Waals surface area contributed by atoms with Crippen LogP contribution in [0.4, 0.5) is 0 Å². The van der Waals surface area contributed by atoms with Gasteiger partial charge in [0.05, 0.1) is 27.9 Å². The lowest BCUT2D eigenvalue weighted by molar-refractivity contribution is -0.137. The highest BCUT2D eigenvalue weighted by Gasteiger charge is 2.27. The van der Waals surface area contributed by atoms with Crippen LogP contribution in [0.15, 0.2) is 29.8 Å². The number of methoxy groups -OCH3 is 3. The summed E-state index contributed by atoms with van der Waals surface area (Å²) in [6.07, 6.45) is 2.70. The number of rotatable bonds is 7. The van der Waals surface area contributed by atoms with Crippen molar-refractivity contribution in [1.82, 2.24) is 4.90 Å². The van der Waals surface area contributed by atoms with Crippen molar-refractivity contribution in [3.8, 4) is 11.5 Å². The molecule has 0 fully saturated rings. The highest BCUT2D eigenvalue weighted by atomic mass is 16.5. The summed E-state index contributed by atoms with van der Waals surface area (Å²) in [7, 11) is 4.60. The second kappa shape index (κ2) is 8.70. The molecule has 1 aliphatic rings. The van der Waals surface area contributed by atoms with E-state index >= 15 is 0 Å². The van der Waals surface area contributed by atoms with Crippen molar-refractivity contribution in [2.75, 3.05) is 47.6 Å². The van der Waals surface area contributed by atoms with Crippen LogP contribution in [0.2, 0.25) is 0 Å². The van der Waals surface area contributed by atoms with Gasteiger partial charge in [0, 0.05) is 31.1 Å². The Kier molecular flexibility index (Phi) is 6.63. The van der Waals surface area contributed by atoms with Crippen molar-refractivity contribution >= 4 is 5.97 Å². The van der Waals surface area contributed by atoms with Gasteiger partial charge in [0.2, 0.25) is 0 Å². The first-order chi connectivity index (χ1) is 11.6. The Morgan fingerprint density at radius 3 is 2.62 bits per heavy atom. The van der Waals surface area contributed by atoms with Crippen LogP contribution < -0.4 is 9.47 Å². The number of esters is 1. The summed E-state index contributed by atoms with van der Waals surface area (Å²) in [6, 6.07) is 5.89. The molecule has 24 heavy (non-hydrogen) atoms. The number of ether oxygens (including phenoxy) is 3. The highest BCUT2D eigenvalue weighted by Crippen LogP contribution is 2.28. The SMILES string of the molecule is COC(=O)C1=CCN(CCc2ccc(OC)c(OC)c2)CC1CO. The Labute approximate surface area is 142 Å². The smallest absolute Gasteiger partial charge is 0.333 e. The number of carbonyl (C=O) groups excluding carboxylic acids is 1. The Hall–Kier alpha value is -2.05. The Morgan fingerprint density at radius 1 is 1.25 bits per heavy atom. The standard InChI is InChI=1S/C18H25NO5/c1-22-16-5-4-13(10-17(16)23-2)6-8-19-9-7-15(18(21)24-3)14(11-19)12-20/h4-5,7,10,14,20H,6,8-9,11-12H2,1-3H3. The zero-order chi connectivity index (χ0) is 17.5. The fourth-order valence-electron chi connectivity index (χ4n) is 2.91. The summed E-state index contributed by atoms with van der Waals surface area (Å²) >= 11 is 0. The number of hydrogen-bond acceptors (Lipinski definition) is 6. The Morgan fingerprint density at radius 2 is 2.00 bits per heavy atom. The first-order valence-corrected chi connectivity index (χ1v) is 7.95. The summed E-state index contributed by atoms with van der Waals surface area (Å²) in [5.41, 5.74) is 1.72. The van der Waals surface area contributed by atoms with Crippen LogP contribution in [0.1, 0.15) is 5.56 Å². The molecule has 0 aromatic heterocycles. The molecule has 1 aromatic rings. The van der Waals surface area contributed by atoms with Crippen LogP contribution in [-0.4, -0.2) is 63.5 Å². The van der Waals surface area contributed by atoms with Gasteiger partial charge in [-0.25, -0.2) is 4.79 Å². The predicted molar refractivity (Wildman–Crippen MR) is 90.4 cm³/mol. The van der Waals surface area contributed by atoms with E-state index in [0.717, 1.165) is 24.3 Å². The molecule has 0 saturated heterocycles. The van der Waals surface area contributed by atoms with E-state index in [1.807, 2.05) is 24.3 Å². The Balaban J connectivity index is 1.98.